The highest BCUT2D eigenvalue weighted by atomic mass is 19.4. The minimum atomic E-state index is -4.60. The van der Waals surface area contributed by atoms with Crippen LogP contribution in [0.5, 0.6) is 0 Å². The minimum absolute atomic E-state index is 0.617. The zero-order chi connectivity index (χ0) is 10.2. The fourth-order valence-electron chi connectivity index (χ4n) is 0.980. The number of amides is 3. The maximum absolute atomic E-state index is 12.1. The lowest BCUT2D eigenvalue weighted by Gasteiger charge is -2.29. The third-order valence-corrected chi connectivity index (χ3v) is 1.74. The fourth-order valence-corrected chi connectivity index (χ4v) is 0.980. The summed E-state index contributed by atoms with van der Waals surface area (Å²) in [4.78, 5) is 22.2. The number of alkyl halides is 3. The normalized spacial score (nSPS) is 24.6. The Morgan fingerprint density at radius 1 is 1.46 bits per heavy atom. The molecule has 4 nitrogen and oxygen atoms in total. The van der Waals surface area contributed by atoms with E-state index < -0.39 is 30.6 Å². The fraction of sp³-hybridized carbons (Fsp3) is 0.667. The molecule has 1 saturated heterocycles. The van der Waals surface area contributed by atoms with E-state index in [9.17, 15) is 22.8 Å². The highest BCUT2D eigenvalue weighted by Gasteiger charge is 2.48. The molecule has 1 N–H and O–H groups in total. The van der Waals surface area contributed by atoms with Gasteiger partial charge in [-0.2, -0.15) is 13.2 Å². The lowest BCUT2D eigenvalue weighted by Crippen LogP contribution is -2.56. The summed E-state index contributed by atoms with van der Waals surface area (Å²) >= 11 is 0. The molecule has 1 fully saturated rings. The van der Waals surface area contributed by atoms with E-state index in [-0.39, 0.29) is 0 Å². The minimum Gasteiger partial charge on any atom is -0.326 e. The van der Waals surface area contributed by atoms with Crippen molar-refractivity contribution in [2.75, 3.05) is 13.6 Å². The lowest BCUT2D eigenvalue weighted by molar-refractivity contribution is -0.186. The Balaban J connectivity index is 2.79. The van der Waals surface area contributed by atoms with Gasteiger partial charge in [-0.3, -0.25) is 10.1 Å². The van der Waals surface area contributed by atoms with Crippen molar-refractivity contribution in [1.82, 2.24) is 10.2 Å². The molecule has 1 atom stereocenters. The number of imide groups is 1. The molecule has 7 heteroatoms. The molecular weight excluding hydrogens is 189 g/mol. The molecule has 0 bridgehead atoms. The molecule has 0 radical (unpaired) electrons. The molecule has 3 amide bonds. The Hall–Kier alpha value is -1.27. The largest absolute Gasteiger partial charge is 0.402 e. The van der Waals surface area contributed by atoms with Crippen LogP contribution in [0.15, 0.2) is 0 Å². The van der Waals surface area contributed by atoms with Crippen LogP contribution in [0.2, 0.25) is 0 Å². The molecule has 1 aliphatic rings. The quantitative estimate of drug-likeness (QED) is 0.607. The van der Waals surface area contributed by atoms with Crippen LogP contribution in [0.4, 0.5) is 18.0 Å². The van der Waals surface area contributed by atoms with E-state index in [1.807, 2.05) is 0 Å². The summed E-state index contributed by atoms with van der Waals surface area (Å²) in [6, 6.07) is -0.800. The summed E-state index contributed by atoms with van der Waals surface area (Å²) in [6.45, 7) is -0.617. The van der Waals surface area contributed by atoms with E-state index in [4.69, 9.17) is 0 Å². The molecular formula is C6H7F3N2O2. The van der Waals surface area contributed by atoms with E-state index in [0.717, 1.165) is 4.90 Å². The Bertz CT molecular complexity index is 251. The van der Waals surface area contributed by atoms with Crippen molar-refractivity contribution in [3.8, 4) is 0 Å². The van der Waals surface area contributed by atoms with Crippen LogP contribution in [0.1, 0.15) is 0 Å². The van der Waals surface area contributed by atoms with Crippen LogP contribution in [-0.2, 0) is 4.79 Å². The van der Waals surface area contributed by atoms with Crippen molar-refractivity contribution in [3.63, 3.8) is 0 Å². The standard InChI is InChI=1S/C6H7F3N2O2/c1-11-2-3(6(7,8)9)4(12)10-5(11)13/h3H,2H2,1H3,(H,10,12,13). The van der Waals surface area contributed by atoms with Crippen molar-refractivity contribution in [3.05, 3.63) is 0 Å². The number of rotatable bonds is 0. The number of hydrogen-bond donors (Lipinski definition) is 1. The van der Waals surface area contributed by atoms with Gasteiger partial charge in [-0.1, -0.05) is 0 Å². The summed E-state index contributed by atoms with van der Waals surface area (Å²) < 4.78 is 36.3. The summed E-state index contributed by atoms with van der Waals surface area (Å²) in [5.74, 6) is -3.40. The van der Waals surface area contributed by atoms with Gasteiger partial charge in [0.1, 0.15) is 0 Å². The maximum atomic E-state index is 12.1. The molecule has 0 aromatic heterocycles. The van der Waals surface area contributed by atoms with Gasteiger partial charge in [0.15, 0.2) is 5.92 Å². The molecule has 0 spiro atoms. The van der Waals surface area contributed by atoms with Gasteiger partial charge in [0.05, 0.1) is 0 Å². The van der Waals surface area contributed by atoms with Crippen molar-refractivity contribution >= 4 is 11.9 Å². The highest BCUT2D eigenvalue weighted by Crippen LogP contribution is 2.28. The second kappa shape index (κ2) is 2.90. The van der Waals surface area contributed by atoms with E-state index in [2.05, 4.69) is 0 Å². The summed E-state index contributed by atoms with van der Waals surface area (Å²) in [5.41, 5.74) is 0. The van der Waals surface area contributed by atoms with Crippen molar-refractivity contribution in [2.45, 2.75) is 6.18 Å². The molecule has 0 aliphatic carbocycles. The molecule has 0 saturated carbocycles. The van der Waals surface area contributed by atoms with E-state index in [1.165, 1.54) is 7.05 Å². The smallest absolute Gasteiger partial charge is 0.326 e. The van der Waals surface area contributed by atoms with Crippen LogP contribution >= 0.6 is 0 Å². The molecule has 0 aromatic carbocycles. The predicted molar refractivity (Wildman–Crippen MR) is 35.7 cm³/mol. The van der Waals surface area contributed by atoms with Crippen molar-refractivity contribution < 1.29 is 22.8 Å². The van der Waals surface area contributed by atoms with E-state index in [1.54, 1.807) is 5.32 Å². The first-order valence-corrected chi connectivity index (χ1v) is 3.45. The number of carbonyl (C=O) groups is 2. The van der Waals surface area contributed by atoms with Gasteiger partial charge >= 0.3 is 12.2 Å². The number of urea groups is 1. The average molecular weight is 196 g/mol. The van der Waals surface area contributed by atoms with Gasteiger partial charge in [0.2, 0.25) is 5.91 Å². The van der Waals surface area contributed by atoms with Crippen LogP contribution in [-0.4, -0.2) is 36.6 Å². The third-order valence-electron chi connectivity index (χ3n) is 1.74. The van der Waals surface area contributed by atoms with Gasteiger partial charge < -0.3 is 4.90 Å². The molecule has 1 aliphatic heterocycles. The Kier molecular flexibility index (Phi) is 2.19. The molecule has 74 valence electrons. The number of carbonyl (C=O) groups excluding carboxylic acids is 2. The molecule has 1 rings (SSSR count). The number of halogens is 3. The monoisotopic (exact) mass is 196 g/mol. The van der Waals surface area contributed by atoms with Crippen molar-refractivity contribution in [2.24, 2.45) is 5.92 Å². The SMILES string of the molecule is CN1CC(C(F)(F)F)C(=O)NC1=O. The Morgan fingerprint density at radius 3 is 2.46 bits per heavy atom. The average Bonchev–Trinajstić information content (AvgIpc) is 1.94. The first-order valence-electron chi connectivity index (χ1n) is 3.45. The maximum Gasteiger partial charge on any atom is 0.402 e. The van der Waals surface area contributed by atoms with Gasteiger partial charge in [0, 0.05) is 13.6 Å². The second-order valence-corrected chi connectivity index (χ2v) is 2.77. The number of hydrogen-bond acceptors (Lipinski definition) is 2. The second-order valence-electron chi connectivity index (χ2n) is 2.77. The van der Waals surface area contributed by atoms with Crippen LogP contribution in [0.3, 0.4) is 0 Å². The number of nitrogens with zero attached hydrogens (tertiary/aromatic N) is 1. The highest BCUT2D eigenvalue weighted by molar-refractivity contribution is 5.98. The van der Waals surface area contributed by atoms with E-state index >= 15 is 0 Å². The van der Waals surface area contributed by atoms with Gasteiger partial charge in [-0.25, -0.2) is 4.79 Å². The third kappa shape index (κ3) is 1.90. The van der Waals surface area contributed by atoms with Crippen molar-refractivity contribution in [1.29, 1.82) is 0 Å². The molecule has 13 heavy (non-hydrogen) atoms. The molecule has 0 aromatic rings. The predicted octanol–water partition coefficient (Wildman–Crippen LogP) is 0.347. The topological polar surface area (TPSA) is 49.4 Å². The van der Waals surface area contributed by atoms with E-state index in [0.29, 0.717) is 0 Å². The van der Waals surface area contributed by atoms with Crippen LogP contribution in [0, 0.1) is 5.92 Å². The summed E-state index contributed by atoms with van der Waals surface area (Å²) in [5, 5.41) is 1.61. The Labute approximate surface area is 71.7 Å². The first-order chi connectivity index (χ1) is 5.82. The Morgan fingerprint density at radius 2 is 2.00 bits per heavy atom. The summed E-state index contributed by atoms with van der Waals surface area (Å²) in [6.07, 6.45) is -4.60. The molecule has 1 unspecified atom stereocenters. The zero-order valence-corrected chi connectivity index (χ0v) is 6.68. The van der Waals surface area contributed by atoms with Gasteiger partial charge in [0.25, 0.3) is 0 Å². The molecule has 1 heterocycles. The van der Waals surface area contributed by atoms with Crippen LogP contribution < -0.4 is 5.32 Å². The summed E-state index contributed by atoms with van der Waals surface area (Å²) in [7, 11) is 1.19. The first kappa shape index (κ1) is 9.82. The van der Waals surface area contributed by atoms with Gasteiger partial charge in [-0.05, 0) is 0 Å². The zero-order valence-electron chi connectivity index (χ0n) is 6.68. The lowest BCUT2D eigenvalue weighted by atomic mass is 10.1. The van der Waals surface area contributed by atoms with Crippen LogP contribution in [0.25, 0.3) is 0 Å². The number of nitrogens with one attached hydrogen (secondary N) is 1. The van der Waals surface area contributed by atoms with Gasteiger partial charge in [-0.15, -0.1) is 0 Å².